The first-order valence-corrected chi connectivity index (χ1v) is 16.3. The van der Waals surface area contributed by atoms with E-state index in [1.807, 2.05) is 12.1 Å². The Morgan fingerprint density at radius 1 is 1.22 bits per heavy atom. The minimum Gasteiger partial charge on any atom is -0.460 e. The van der Waals surface area contributed by atoms with Gasteiger partial charge in [0.25, 0.3) is 5.69 Å². The highest BCUT2D eigenvalue weighted by molar-refractivity contribution is 6.76. The van der Waals surface area contributed by atoms with Crippen LogP contribution >= 0.6 is 0 Å². The molecule has 1 aliphatic heterocycles. The molecule has 4 rings (SSSR count). The van der Waals surface area contributed by atoms with Crippen LogP contribution in [-0.2, 0) is 43.7 Å². The Morgan fingerprint density at radius 2 is 1.89 bits per heavy atom. The van der Waals surface area contributed by atoms with Crippen molar-refractivity contribution in [3.63, 3.8) is 0 Å². The number of hydrogen-bond acceptors (Lipinski definition) is 7. The molecule has 1 amide bonds. The van der Waals surface area contributed by atoms with Gasteiger partial charge in [0.2, 0.25) is 5.91 Å². The second-order valence-electron chi connectivity index (χ2n) is 12.2. The van der Waals surface area contributed by atoms with Gasteiger partial charge >= 0.3 is 5.97 Å². The smallest absolute Gasteiger partial charge is 0.311 e. The van der Waals surface area contributed by atoms with Gasteiger partial charge in [-0.15, -0.1) is 0 Å². The van der Waals surface area contributed by atoms with Crippen molar-refractivity contribution in [3.8, 4) is 0 Å². The fourth-order valence-corrected chi connectivity index (χ4v) is 5.82. The predicted octanol–water partition coefficient (Wildman–Crippen LogP) is 4.57. The van der Waals surface area contributed by atoms with Gasteiger partial charge in [0, 0.05) is 38.1 Å². The summed E-state index contributed by atoms with van der Waals surface area (Å²) < 4.78 is 11.3. The molecule has 0 saturated heterocycles. The number of nitrogens with zero attached hydrogens (tertiary/aromatic N) is 3. The monoisotopic (exact) mass is 525 g/mol. The molecule has 1 aliphatic carbocycles. The van der Waals surface area contributed by atoms with Crippen LogP contribution < -0.4 is 4.90 Å². The van der Waals surface area contributed by atoms with Crippen molar-refractivity contribution in [3.05, 3.63) is 62.8 Å². The molecule has 10 heteroatoms. The van der Waals surface area contributed by atoms with E-state index in [0.29, 0.717) is 30.8 Å². The minimum absolute atomic E-state index is 0.109. The van der Waals surface area contributed by atoms with Crippen LogP contribution in [0.4, 0.5) is 11.5 Å². The molecule has 1 aromatic carbocycles. The maximum Gasteiger partial charge on any atom is 0.311 e. The third-order valence-corrected chi connectivity index (χ3v) is 8.47. The second-order valence-corrected chi connectivity index (χ2v) is 17.8. The van der Waals surface area contributed by atoms with Crippen LogP contribution in [0.3, 0.4) is 0 Å². The molecule has 0 N–H and O–H groups in total. The van der Waals surface area contributed by atoms with E-state index in [1.165, 1.54) is 6.07 Å². The molecule has 0 bridgehead atoms. The number of nitro benzene ring substituents is 1. The number of nitro groups is 1. The number of anilines is 1. The van der Waals surface area contributed by atoms with Gasteiger partial charge in [-0.2, -0.15) is 0 Å². The third kappa shape index (κ3) is 5.59. The molecular formula is C27H35N3O6Si. The maximum absolute atomic E-state index is 13.9. The molecule has 2 aliphatic rings. The number of esters is 1. The van der Waals surface area contributed by atoms with Gasteiger partial charge in [0.1, 0.15) is 18.1 Å². The van der Waals surface area contributed by atoms with Gasteiger partial charge in [-0.1, -0.05) is 25.7 Å². The summed E-state index contributed by atoms with van der Waals surface area (Å²) in [6, 6.07) is 7.92. The molecule has 37 heavy (non-hydrogen) atoms. The van der Waals surface area contributed by atoms with E-state index in [9.17, 15) is 19.7 Å². The van der Waals surface area contributed by atoms with Gasteiger partial charge in [-0.3, -0.25) is 24.6 Å². The number of carbonyl (C=O) groups is 2. The highest BCUT2D eigenvalue weighted by Crippen LogP contribution is 2.50. The molecule has 1 unspecified atom stereocenters. The number of ether oxygens (including phenoxy) is 2. The molecule has 1 spiro atoms. The molecule has 0 saturated carbocycles. The Kier molecular flexibility index (Phi) is 7.02. The molecule has 0 radical (unpaired) electrons. The number of amides is 1. The van der Waals surface area contributed by atoms with E-state index in [-0.39, 0.29) is 24.7 Å². The number of fused-ring (bicyclic) bond motifs is 3. The largest absolute Gasteiger partial charge is 0.460 e. The van der Waals surface area contributed by atoms with E-state index in [0.717, 1.165) is 22.7 Å². The normalized spacial score (nSPS) is 18.8. The van der Waals surface area contributed by atoms with E-state index < -0.39 is 30.0 Å². The lowest BCUT2D eigenvalue weighted by atomic mass is 9.79. The van der Waals surface area contributed by atoms with Crippen LogP contribution in [0.15, 0.2) is 30.5 Å². The summed E-state index contributed by atoms with van der Waals surface area (Å²) in [6.07, 6.45) is 2.16. The second kappa shape index (κ2) is 9.64. The Balaban J connectivity index is 1.62. The summed E-state index contributed by atoms with van der Waals surface area (Å²) in [5, 5.41) is 11.9. The lowest BCUT2D eigenvalue weighted by Gasteiger charge is -2.23. The van der Waals surface area contributed by atoms with Gasteiger partial charge in [0.05, 0.1) is 16.8 Å². The number of aromatic nitrogens is 1. The first-order valence-electron chi connectivity index (χ1n) is 12.6. The molecule has 9 nitrogen and oxygen atoms in total. The summed E-state index contributed by atoms with van der Waals surface area (Å²) in [7, 11) is -1.28. The Hall–Kier alpha value is -3.11. The van der Waals surface area contributed by atoms with Crippen LogP contribution in [-0.4, -0.2) is 48.8 Å². The summed E-state index contributed by atoms with van der Waals surface area (Å²) >= 11 is 0. The van der Waals surface area contributed by atoms with Crippen LogP contribution in [0, 0.1) is 10.1 Å². The van der Waals surface area contributed by atoms with Gasteiger partial charge in [-0.05, 0) is 62.9 Å². The first kappa shape index (κ1) is 26.9. The number of hydrogen-bond donors (Lipinski definition) is 0. The van der Waals surface area contributed by atoms with Crippen molar-refractivity contribution < 1.29 is 24.0 Å². The molecule has 2 heterocycles. The molecule has 1 aromatic heterocycles. The lowest BCUT2D eigenvalue weighted by Crippen LogP contribution is -2.42. The Morgan fingerprint density at radius 3 is 2.51 bits per heavy atom. The zero-order valence-electron chi connectivity index (χ0n) is 22.4. The third-order valence-electron chi connectivity index (χ3n) is 6.77. The number of benzene rings is 1. The molecule has 1 atom stereocenters. The maximum atomic E-state index is 13.9. The average Bonchev–Trinajstić information content (AvgIpc) is 3.25. The van der Waals surface area contributed by atoms with Crippen molar-refractivity contribution >= 4 is 31.5 Å². The van der Waals surface area contributed by atoms with Crippen LogP contribution in [0.1, 0.15) is 43.0 Å². The van der Waals surface area contributed by atoms with Crippen molar-refractivity contribution in [1.29, 1.82) is 0 Å². The van der Waals surface area contributed by atoms with E-state index in [1.54, 1.807) is 37.9 Å². The van der Waals surface area contributed by atoms with Gasteiger partial charge in [0.15, 0.2) is 0 Å². The molecule has 0 fully saturated rings. The van der Waals surface area contributed by atoms with Crippen molar-refractivity contribution in [1.82, 2.24) is 4.98 Å². The summed E-state index contributed by atoms with van der Waals surface area (Å²) in [6.45, 7) is 12.8. The molecular weight excluding hydrogens is 490 g/mol. The minimum atomic E-state index is -1.28. The highest BCUT2D eigenvalue weighted by atomic mass is 28.3. The SMILES string of the molecule is CC(C)(C)OC(=O)Cc1cc2c(cc1[N+](=O)[O-])CC1(C2)C(=O)N(COCC[Si](C)(C)C)c2ncccc21. The summed E-state index contributed by atoms with van der Waals surface area (Å²) in [4.78, 5) is 43.9. The molecule has 198 valence electrons. The number of carbonyl (C=O) groups excluding carboxylic acids is 2. The molecule has 2 aromatic rings. The van der Waals surface area contributed by atoms with Crippen molar-refractivity contribution in [2.75, 3.05) is 18.2 Å². The number of rotatable bonds is 8. The van der Waals surface area contributed by atoms with Crippen LogP contribution in [0.25, 0.3) is 0 Å². The fraction of sp³-hybridized carbons (Fsp3) is 0.519. The zero-order valence-corrected chi connectivity index (χ0v) is 23.4. The summed E-state index contributed by atoms with van der Waals surface area (Å²) in [5.41, 5.74) is 0.940. The first-order chi connectivity index (χ1) is 17.2. The van der Waals surface area contributed by atoms with E-state index >= 15 is 0 Å². The Bertz CT molecular complexity index is 1250. The van der Waals surface area contributed by atoms with E-state index in [4.69, 9.17) is 9.47 Å². The standard InChI is InChI=1S/C27H35N3O6Si/c1-26(2,3)36-23(31)14-18-12-19-15-27(16-20(19)13-22(18)30(33)34)21-8-7-9-28-24(21)29(25(27)32)17-35-10-11-37(4,5)6/h7-9,12-13H,10-11,14-17H2,1-6H3. The van der Waals surface area contributed by atoms with E-state index in [2.05, 4.69) is 24.6 Å². The highest BCUT2D eigenvalue weighted by Gasteiger charge is 2.55. The van der Waals surface area contributed by atoms with Crippen LogP contribution in [0.2, 0.25) is 25.7 Å². The van der Waals surface area contributed by atoms with Crippen LogP contribution in [0.5, 0.6) is 0 Å². The van der Waals surface area contributed by atoms with Gasteiger partial charge in [-0.25, -0.2) is 4.98 Å². The summed E-state index contributed by atoms with van der Waals surface area (Å²) in [5.74, 6) is -0.0603. The number of pyridine rings is 1. The predicted molar refractivity (Wildman–Crippen MR) is 142 cm³/mol. The average molecular weight is 526 g/mol. The van der Waals surface area contributed by atoms with Gasteiger partial charge < -0.3 is 9.47 Å². The van der Waals surface area contributed by atoms with Crippen molar-refractivity contribution in [2.24, 2.45) is 0 Å². The lowest BCUT2D eigenvalue weighted by molar-refractivity contribution is -0.385. The zero-order chi connectivity index (χ0) is 27.2. The topological polar surface area (TPSA) is 112 Å². The quantitative estimate of drug-likeness (QED) is 0.163. The Labute approximate surface area is 218 Å². The van der Waals surface area contributed by atoms with Crippen molar-refractivity contribution in [2.45, 2.75) is 76.7 Å². The fourth-order valence-electron chi connectivity index (χ4n) is 5.06.